The Hall–Kier alpha value is -2.14. The fourth-order valence-corrected chi connectivity index (χ4v) is 2.14. The first kappa shape index (κ1) is 16.2. The van der Waals surface area contributed by atoms with Crippen molar-refractivity contribution in [2.75, 3.05) is 11.9 Å². The molecule has 0 saturated carbocycles. The van der Waals surface area contributed by atoms with Crippen molar-refractivity contribution in [3.8, 4) is 5.75 Å². The molecule has 2 N–H and O–H groups in total. The Morgan fingerprint density at radius 1 is 1.14 bits per heavy atom. The molecule has 0 radical (unpaired) electrons. The normalized spacial score (nSPS) is 12.2. The molecule has 0 saturated heterocycles. The van der Waals surface area contributed by atoms with Gasteiger partial charge in [-0.2, -0.15) is 0 Å². The minimum atomic E-state index is -2.51. The molecule has 0 spiro atoms. The van der Waals surface area contributed by atoms with Crippen molar-refractivity contribution in [1.82, 2.24) is 0 Å². The number of para-hydroxylation sites is 2. The second-order valence-electron chi connectivity index (χ2n) is 4.97. The number of anilines is 1. The van der Waals surface area contributed by atoms with Crippen LogP contribution in [0.25, 0.3) is 0 Å². The maximum Gasteiger partial charge on any atom is 0.272 e. The highest BCUT2D eigenvalue weighted by molar-refractivity contribution is 5.57. The molecule has 0 aliphatic heterocycles. The molecular formula is C17H19F2NO2. The molecule has 2 rings (SSSR count). The predicted octanol–water partition coefficient (Wildman–Crippen LogP) is 4.00. The van der Waals surface area contributed by atoms with E-state index in [0.717, 1.165) is 11.1 Å². The number of ether oxygens (including phenoxy) is 1. The molecule has 0 aliphatic carbocycles. The van der Waals surface area contributed by atoms with Gasteiger partial charge < -0.3 is 15.2 Å². The Bertz CT molecular complexity index is 605. The van der Waals surface area contributed by atoms with Crippen molar-refractivity contribution in [2.24, 2.45) is 0 Å². The van der Waals surface area contributed by atoms with Crippen LogP contribution in [0.1, 0.15) is 24.1 Å². The summed E-state index contributed by atoms with van der Waals surface area (Å²) in [5.41, 5.74) is 2.48. The third kappa shape index (κ3) is 4.43. The number of alkyl halides is 2. The third-order valence-corrected chi connectivity index (χ3v) is 3.26. The number of hydrogen-bond donors (Lipinski definition) is 2. The molecule has 2 aromatic rings. The van der Waals surface area contributed by atoms with Crippen LogP contribution in [0, 0.1) is 0 Å². The molecule has 0 aliphatic rings. The molecule has 0 aromatic heterocycles. The summed E-state index contributed by atoms with van der Waals surface area (Å²) in [5.74, 6) is 0.396. The highest BCUT2D eigenvalue weighted by atomic mass is 19.3. The van der Waals surface area contributed by atoms with Crippen LogP contribution in [0.5, 0.6) is 5.75 Å². The summed E-state index contributed by atoms with van der Waals surface area (Å²) in [6.07, 6.45) is -2.51. The average Bonchev–Trinajstić information content (AvgIpc) is 2.54. The summed E-state index contributed by atoms with van der Waals surface area (Å²) in [5, 5.41) is 12.4. The van der Waals surface area contributed by atoms with Crippen LogP contribution in [0.4, 0.5) is 14.5 Å². The van der Waals surface area contributed by atoms with Gasteiger partial charge in [0.25, 0.3) is 6.43 Å². The van der Waals surface area contributed by atoms with Crippen molar-refractivity contribution >= 4 is 5.69 Å². The van der Waals surface area contributed by atoms with Gasteiger partial charge in [-0.05, 0) is 30.2 Å². The molecule has 0 amide bonds. The summed E-state index contributed by atoms with van der Waals surface area (Å²) in [6.45, 7) is 1.31. The van der Waals surface area contributed by atoms with Gasteiger partial charge >= 0.3 is 0 Å². The van der Waals surface area contributed by atoms with Crippen molar-refractivity contribution in [3.63, 3.8) is 0 Å². The van der Waals surface area contributed by atoms with Crippen LogP contribution in [0.3, 0.4) is 0 Å². The number of hydrogen-bond acceptors (Lipinski definition) is 3. The van der Waals surface area contributed by atoms with Crippen molar-refractivity contribution in [1.29, 1.82) is 0 Å². The van der Waals surface area contributed by atoms with E-state index >= 15 is 0 Å². The maximum atomic E-state index is 12.3. The Morgan fingerprint density at radius 2 is 1.91 bits per heavy atom. The van der Waals surface area contributed by atoms with Crippen LogP contribution >= 0.6 is 0 Å². The van der Waals surface area contributed by atoms with Crippen molar-refractivity contribution < 1.29 is 18.6 Å². The third-order valence-electron chi connectivity index (χ3n) is 3.26. The summed E-state index contributed by atoms with van der Waals surface area (Å²) < 4.78 is 29.7. The van der Waals surface area contributed by atoms with Crippen LogP contribution in [0.15, 0.2) is 48.5 Å². The van der Waals surface area contributed by atoms with E-state index in [1.54, 1.807) is 18.2 Å². The lowest BCUT2D eigenvalue weighted by Gasteiger charge is -2.19. The first-order valence-corrected chi connectivity index (χ1v) is 7.06. The monoisotopic (exact) mass is 307 g/mol. The largest absolute Gasteiger partial charge is 0.485 e. The van der Waals surface area contributed by atoms with Gasteiger partial charge in [-0.25, -0.2) is 8.78 Å². The Labute approximate surface area is 128 Å². The number of halogens is 2. The summed E-state index contributed by atoms with van der Waals surface area (Å²) in [6, 6.07) is 14.5. The fraction of sp³-hybridized carbons (Fsp3) is 0.294. The molecule has 3 nitrogen and oxygen atoms in total. The lowest BCUT2D eigenvalue weighted by molar-refractivity contribution is 0.0822. The lowest BCUT2D eigenvalue weighted by Crippen LogP contribution is -2.11. The molecule has 1 atom stereocenters. The summed E-state index contributed by atoms with van der Waals surface area (Å²) in [4.78, 5) is 0. The van der Waals surface area contributed by atoms with Crippen molar-refractivity contribution in [3.05, 3.63) is 59.7 Å². The van der Waals surface area contributed by atoms with E-state index in [1.165, 1.54) is 0 Å². The molecule has 1 unspecified atom stereocenters. The topological polar surface area (TPSA) is 41.5 Å². The second-order valence-corrected chi connectivity index (χ2v) is 4.97. The van der Waals surface area contributed by atoms with Crippen LogP contribution in [-0.2, 0) is 6.61 Å². The Kier molecular flexibility index (Phi) is 5.72. The number of aliphatic hydroxyl groups is 1. The predicted molar refractivity (Wildman–Crippen MR) is 82.3 cm³/mol. The molecule has 2 aromatic carbocycles. The van der Waals surface area contributed by atoms with Crippen molar-refractivity contribution in [2.45, 2.75) is 26.0 Å². The van der Waals surface area contributed by atoms with E-state index in [4.69, 9.17) is 4.74 Å². The van der Waals surface area contributed by atoms with Crippen LogP contribution in [-0.4, -0.2) is 18.1 Å². The van der Waals surface area contributed by atoms with Gasteiger partial charge in [-0.15, -0.1) is 0 Å². The average molecular weight is 307 g/mol. The molecule has 5 heteroatoms. The zero-order valence-corrected chi connectivity index (χ0v) is 12.3. The Morgan fingerprint density at radius 3 is 2.64 bits per heavy atom. The molecule has 0 fully saturated rings. The zero-order valence-electron chi connectivity index (χ0n) is 12.3. The molecule has 0 bridgehead atoms. The summed E-state index contributed by atoms with van der Waals surface area (Å²) >= 11 is 0. The van der Waals surface area contributed by atoms with Gasteiger partial charge in [0.15, 0.2) is 0 Å². The SMILES string of the molecule is CC(Nc1ccccc1OCC(F)F)c1cccc(CO)c1. The molecular weight excluding hydrogens is 288 g/mol. The molecule has 0 heterocycles. The quantitative estimate of drug-likeness (QED) is 0.812. The minimum absolute atomic E-state index is 0.0192. The first-order valence-electron chi connectivity index (χ1n) is 7.06. The van der Waals surface area contributed by atoms with Gasteiger partial charge in [-0.3, -0.25) is 0 Å². The number of benzene rings is 2. The highest BCUT2D eigenvalue weighted by Gasteiger charge is 2.11. The van der Waals surface area contributed by atoms with Gasteiger partial charge in [0, 0.05) is 6.04 Å². The fourth-order valence-electron chi connectivity index (χ4n) is 2.14. The van der Waals surface area contributed by atoms with Crippen LogP contribution in [0.2, 0.25) is 0 Å². The minimum Gasteiger partial charge on any atom is -0.485 e. The van der Waals surface area contributed by atoms with Gasteiger partial charge in [0.1, 0.15) is 12.4 Å². The van der Waals surface area contributed by atoms with Gasteiger partial charge in [0.2, 0.25) is 0 Å². The molecule has 118 valence electrons. The lowest BCUT2D eigenvalue weighted by atomic mass is 10.1. The first-order chi connectivity index (χ1) is 10.6. The highest BCUT2D eigenvalue weighted by Crippen LogP contribution is 2.28. The van der Waals surface area contributed by atoms with E-state index < -0.39 is 13.0 Å². The number of aliphatic hydroxyl groups excluding tert-OH is 1. The van der Waals surface area contributed by atoms with E-state index in [2.05, 4.69) is 5.32 Å². The summed E-state index contributed by atoms with van der Waals surface area (Å²) in [7, 11) is 0. The second kappa shape index (κ2) is 7.75. The van der Waals surface area contributed by atoms with Gasteiger partial charge in [-0.1, -0.05) is 36.4 Å². The number of rotatable bonds is 7. The van der Waals surface area contributed by atoms with E-state index in [-0.39, 0.29) is 12.6 Å². The van der Waals surface area contributed by atoms with E-state index in [9.17, 15) is 13.9 Å². The van der Waals surface area contributed by atoms with Crippen LogP contribution < -0.4 is 10.1 Å². The van der Waals surface area contributed by atoms with E-state index in [0.29, 0.717) is 11.4 Å². The van der Waals surface area contributed by atoms with E-state index in [1.807, 2.05) is 37.3 Å². The Balaban J connectivity index is 2.12. The van der Waals surface area contributed by atoms with Gasteiger partial charge in [0.05, 0.1) is 12.3 Å². The standard InChI is InChI=1S/C17H19F2NO2/c1-12(14-6-4-5-13(9-14)10-21)20-15-7-2-3-8-16(15)22-11-17(18)19/h2-9,12,17,20-21H,10-11H2,1H3. The smallest absolute Gasteiger partial charge is 0.272 e. The molecule has 22 heavy (non-hydrogen) atoms. The number of nitrogens with one attached hydrogen (secondary N) is 1. The zero-order chi connectivity index (χ0) is 15.9. The maximum absolute atomic E-state index is 12.3.